The number of carbonyl (C=O) groups is 1. The molecule has 26 heavy (non-hydrogen) atoms. The number of piperazine rings is 1. The van der Waals surface area contributed by atoms with Gasteiger partial charge in [0, 0.05) is 44.1 Å². The third-order valence-electron chi connectivity index (χ3n) is 4.81. The molecule has 1 heterocycles. The molecule has 0 unspecified atom stereocenters. The summed E-state index contributed by atoms with van der Waals surface area (Å²) in [6.45, 7) is 6.96. The maximum atomic E-state index is 12.0. The average molecular weight is 352 g/mol. The number of benzene rings is 2. The fourth-order valence-corrected chi connectivity index (χ4v) is 3.07. The minimum Gasteiger partial charge on any atom is -0.369 e. The number of aryl methyl sites for hydroxylation is 1. The van der Waals surface area contributed by atoms with Gasteiger partial charge >= 0.3 is 6.03 Å². The van der Waals surface area contributed by atoms with Gasteiger partial charge in [-0.15, -0.1) is 0 Å². The molecule has 2 aromatic carbocycles. The summed E-state index contributed by atoms with van der Waals surface area (Å²) >= 11 is 0. The van der Waals surface area contributed by atoms with Gasteiger partial charge in [0.05, 0.1) is 0 Å². The van der Waals surface area contributed by atoms with Crippen molar-refractivity contribution in [2.24, 2.45) is 0 Å². The molecule has 0 saturated carbocycles. The van der Waals surface area contributed by atoms with E-state index in [1.165, 1.54) is 16.8 Å². The monoisotopic (exact) mass is 352 g/mol. The van der Waals surface area contributed by atoms with E-state index in [1.54, 1.807) is 0 Å². The molecule has 0 atom stereocenters. The third-order valence-corrected chi connectivity index (χ3v) is 4.81. The van der Waals surface area contributed by atoms with Crippen LogP contribution in [0.4, 0.5) is 16.2 Å². The third kappa shape index (κ3) is 5.23. The van der Waals surface area contributed by atoms with Gasteiger partial charge in [0.15, 0.2) is 0 Å². The van der Waals surface area contributed by atoms with Crippen LogP contribution in [0.1, 0.15) is 11.1 Å². The Kier molecular flexibility index (Phi) is 6.12. The highest BCUT2D eigenvalue weighted by molar-refractivity contribution is 5.89. The van der Waals surface area contributed by atoms with Crippen LogP contribution in [-0.4, -0.2) is 50.7 Å². The van der Waals surface area contributed by atoms with Crippen LogP contribution in [0.2, 0.25) is 0 Å². The topological polar surface area (TPSA) is 47.6 Å². The lowest BCUT2D eigenvalue weighted by molar-refractivity contribution is 0.252. The molecule has 5 nitrogen and oxygen atoms in total. The fraction of sp³-hybridized carbons (Fsp3) is 0.381. The van der Waals surface area contributed by atoms with E-state index in [1.807, 2.05) is 12.1 Å². The molecule has 5 heteroatoms. The maximum absolute atomic E-state index is 12.0. The highest BCUT2D eigenvalue weighted by atomic mass is 16.2. The molecule has 2 amide bonds. The first-order valence-electron chi connectivity index (χ1n) is 9.24. The van der Waals surface area contributed by atoms with Crippen molar-refractivity contribution < 1.29 is 4.79 Å². The second kappa shape index (κ2) is 8.72. The molecule has 2 N–H and O–H groups in total. The first-order chi connectivity index (χ1) is 12.6. The molecular formula is C21H28N4O. The summed E-state index contributed by atoms with van der Waals surface area (Å²) in [4.78, 5) is 16.8. The summed E-state index contributed by atoms with van der Waals surface area (Å²) < 4.78 is 0. The molecule has 138 valence electrons. The van der Waals surface area contributed by atoms with Gasteiger partial charge in [-0.3, -0.25) is 0 Å². The van der Waals surface area contributed by atoms with Crippen LogP contribution < -0.4 is 15.5 Å². The number of carbonyl (C=O) groups excluding carboxylic acids is 1. The second-order valence-corrected chi connectivity index (χ2v) is 6.95. The Labute approximate surface area is 156 Å². The fourth-order valence-electron chi connectivity index (χ4n) is 3.07. The number of nitrogens with one attached hydrogen (secondary N) is 2. The number of rotatable bonds is 5. The lowest BCUT2D eigenvalue weighted by atomic mass is 10.1. The Bertz CT molecular complexity index is 704. The van der Waals surface area contributed by atoms with Gasteiger partial charge in [-0.05, 0) is 50.2 Å². The quantitative estimate of drug-likeness (QED) is 0.869. The van der Waals surface area contributed by atoms with Crippen molar-refractivity contribution in [2.75, 3.05) is 50.0 Å². The Morgan fingerprint density at radius 2 is 1.62 bits per heavy atom. The molecule has 1 aliphatic heterocycles. The van der Waals surface area contributed by atoms with Crippen LogP contribution >= 0.6 is 0 Å². The molecule has 3 rings (SSSR count). The van der Waals surface area contributed by atoms with Crippen LogP contribution in [0.25, 0.3) is 0 Å². The van der Waals surface area contributed by atoms with Crippen molar-refractivity contribution in [1.82, 2.24) is 10.2 Å². The van der Waals surface area contributed by atoms with E-state index < -0.39 is 0 Å². The van der Waals surface area contributed by atoms with Crippen molar-refractivity contribution in [3.05, 3.63) is 59.7 Å². The van der Waals surface area contributed by atoms with E-state index in [2.05, 4.69) is 70.8 Å². The summed E-state index contributed by atoms with van der Waals surface area (Å²) in [6.07, 6.45) is 0.829. The Balaban J connectivity index is 1.43. The van der Waals surface area contributed by atoms with Gasteiger partial charge in [-0.1, -0.05) is 29.8 Å². The van der Waals surface area contributed by atoms with Crippen LogP contribution in [0.3, 0.4) is 0 Å². The maximum Gasteiger partial charge on any atom is 0.319 e. The molecule has 0 radical (unpaired) electrons. The Morgan fingerprint density at radius 3 is 2.27 bits per heavy atom. The van der Waals surface area contributed by atoms with E-state index in [0.717, 1.165) is 38.3 Å². The summed E-state index contributed by atoms with van der Waals surface area (Å²) in [6, 6.07) is 16.3. The van der Waals surface area contributed by atoms with E-state index in [4.69, 9.17) is 0 Å². The largest absolute Gasteiger partial charge is 0.369 e. The van der Waals surface area contributed by atoms with Crippen LogP contribution in [0.5, 0.6) is 0 Å². The number of nitrogens with zero attached hydrogens (tertiary/aromatic N) is 2. The molecule has 1 fully saturated rings. The van der Waals surface area contributed by atoms with E-state index in [9.17, 15) is 4.79 Å². The molecule has 2 aromatic rings. The summed E-state index contributed by atoms with van der Waals surface area (Å²) in [5.41, 5.74) is 4.51. The summed E-state index contributed by atoms with van der Waals surface area (Å²) in [5, 5.41) is 5.81. The lowest BCUT2D eigenvalue weighted by Crippen LogP contribution is -2.44. The molecule has 1 saturated heterocycles. The average Bonchev–Trinajstić information content (AvgIpc) is 2.65. The van der Waals surface area contributed by atoms with Gasteiger partial charge in [0.2, 0.25) is 0 Å². The van der Waals surface area contributed by atoms with Gasteiger partial charge in [0.25, 0.3) is 0 Å². The minimum atomic E-state index is -0.163. The molecular weight excluding hydrogens is 324 g/mol. The van der Waals surface area contributed by atoms with E-state index in [0.29, 0.717) is 6.54 Å². The van der Waals surface area contributed by atoms with Crippen molar-refractivity contribution in [2.45, 2.75) is 13.3 Å². The molecule has 0 spiro atoms. The first-order valence-corrected chi connectivity index (χ1v) is 9.24. The van der Waals surface area contributed by atoms with Crippen molar-refractivity contribution >= 4 is 17.4 Å². The number of urea groups is 1. The number of hydrogen-bond donors (Lipinski definition) is 2. The van der Waals surface area contributed by atoms with Crippen molar-refractivity contribution in [3.8, 4) is 0 Å². The number of anilines is 2. The number of hydrogen-bond acceptors (Lipinski definition) is 3. The standard InChI is InChI=1S/C21H28N4O/c1-17-3-5-18(6-4-17)11-12-22-21(26)23-19-7-9-20(10-8-19)25-15-13-24(2)14-16-25/h3-10H,11-16H2,1-2H3,(H2,22,23,26). The van der Waals surface area contributed by atoms with E-state index >= 15 is 0 Å². The highest BCUT2D eigenvalue weighted by Gasteiger charge is 2.14. The highest BCUT2D eigenvalue weighted by Crippen LogP contribution is 2.19. The zero-order valence-corrected chi connectivity index (χ0v) is 15.7. The molecule has 0 aliphatic carbocycles. The summed E-state index contributed by atoms with van der Waals surface area (Å²) in [7, 11) is 2.15. The smallest absolute Gasteiger partial charge is 0.319 e. The minimum absolute atomic E-state index is 0.163. The number of likely N-dealkylation sites (N-methyl/N-ethyl adjacent to an activating group) is 1. The normalized spacial score (nSPS) is 14.9. The van der Waals surface area contributed by atoms with Gasteiger partial charge in [0.1, 0.15) is 0 Å². The predicted molar refractivity (Wildman–Crippen MR) is 108 cm³/mol. The van der Waals surface area contributed by atoms with Gasteiger partial charge in [-0.2, -0.15) is 0 Å². The number of amides is 2. The first kappa shape index (κ1) is 18.3. The summed E-state index contributed by atoms with van der Waals surface area (Å²) in [5.74, 6) is 0. The Morgan fingerprint density at radius 1 is 0.962 bits per heavy atom. The van der Waals surface area contributed by atoms with Crippen molar-refractivity contribution in [3.63, 3.8) is 0 Å². The van der Waals surface area contributed by atoms with Crippen LogP contribution in [0.15, 0.2) is 48.5 Å². The van der Waals surface area contributed by atoms with Crippen LogP contribution in [0, 0.1) is 6.92 Å². The van der Waals surface area contributed by atoms with Gasteiger partial charge < -0.3 is 20.4 Å². The Hall–Kier alpha value is -2.53. The van der Waals surface area contributed by atoms with Gasteiger partial charge in [-0.25, -0.2) is 4.79 Å². The zero-order chi connectivity index (χ0) is 18.4. The van der Waals surface area contributed by atoms with Crippen molar-refractivity contribution in [1.29, 1.82) is 0 Å². The molecule has 0 bridgehead atoms. The molecule has 0 aromatic heterocycles. The molecule has 1 aliphatic rings. The predicted octanol–water partition coefficient (Wildman–Crippen LogP) is 3.11. The second-order valence-electron chi connectivity index (χ2n) is 6.95. The van der Waals surface area contributed by atoms with Crippen LogP contribution in [-0.2, 0) is 6.42 Å². The van der Waals surface area contributed by atoms with E-state index in [-0.39, 0.29) is 6.03 Å². The zero-order valence-electron chi connectivity index (χ0n) is 15.7. The SMILES string of the molecule is Cc1ccc(CCNC(=O)Nc2ccc(N3CCN(C)CC3)cc2)cc1. The lowest BCUT2D eigenvalue weighted by Gasteiger charge is -2.34.